The lowest BCUT2D eigenvalue weighted by molar-refractivity contribution is 0.145. The molecular weight excluding hydrogens is 289 g/mol. The summed E-state index contributed by atoms with van der Waals surface area (Å²) in [6.45, 7) is 1.54. The molecule has 0 spiro atoms. The molecule has 1 rings (SSSR count). The lowest BCUT2D eigenvalue weighted by atomic mass is 10.2. The molecule has 1 heterocycles. The normalized spacial score (nSPS) is 10.2. The van der Waals surface area contributed by atoms with Crippen molar-refractivity contribution in [3.05, 3.63) is 26.6 Å². The van der Waals surface area contributed by atoms with Crippen molar-refractivity contribution in [2.45, 2.75) is 13.3 Å². The van der Waals surface area contributed by atoms with Gasteiger partial charge in [0, 0.05) is 3.57 Å². The zero-order valence-corrected chi connectivity index (χ0v) is 8.84. The van der Waals surface area contributed by atoms with Gasteiger partial charge in [-0.15, -0.1) is 0 Å². The maximum Gasteiger partial charge on any atom is 0.281 e. The third-order valence-corrected chi connectivity index (χ3v) is 2.38. The van der Waals surface area contributed by atoms with Crippen LogP contribution in [0.1, 0.15) is 23.4 Å². The van der Waals surface area contributed by atoms with Crippen molar-refractivity contribution in [2.75, 3.05) is 0 Å². The summed E-state index contributed by atoms with van der Waals surface area (Å²) in [5, 5.41) is 8.59. The molecule has 0 bridgehead atoms. The molecular formula is C8H5F2IN2. The van der Waals surface area contributed by atoms with E-state index in [1.807, 2.05) is 6.07 Å². The molecule has 0 aromatic carbocycles. The Balaban J connectivity index is 3.31. The first kappa shape index (κ1) is 10.3. The molecule has 0 saturated carbocycles. The van der Waals surface area contributed by atoms with Crippen molar-refractivity contribution < 1.29 is 8.78 Å². The largest absolute Gasteiger partial charge is 0.281 e. The first-order valence-electron chi connectivity index (χ1n) is 3.41. The number of halogens is 3. The fraction of sp³-hybridized carbons (Fsp3) is 0.250. The van der Waals surface area contributed by atoms with Gasteiger partial charge in [-0.2, -0.15) is 5.26 Å². The van der Waals surface area contributed by atoms with E-state index < -0.39 is 6.43 Å². The molecule has 0 amide bonds. The molecule has 0 saturated heterocycles. The maximum absolute atomic E-state index is 12.3. The van der Waals surface area contributed by atoms with E-state index in [1.165, 1.54) is 6.07 Å². The fourth-order valence-electron chi connectivity index (χ4n) is 0.866. The van der Waals surface area contributed by atoms with Gasteiger partial charge in [0.05, 0.1) is 11.3 Å². The fourth-order valence-corrected chi connectivity index (χ4v) is 1.53. The molecule has 1 aromatic heterocycles. The molecule has 5 heteroatoms. The Bertz CT molecular complexity index is 371. The summed E-state index contributed by atoms with van der Waals surface area (Å²) in [4.78, 5) is 3.66. The van der Waals surface area contributed by atoms with Gasteiger partial charge in [0.1, 0.15) is 11.8 Å². The summed E-state index contributed by atoms with van der Waals surface area (Å²) < 4.78 is 24.9. The number of nitrogens with zero attached hydrogens (tertiary/aromatic N) is 2. The third kappa shape index (κ3) is 2.12. The average Bonchev–Trinajstić information content (AvgIpc) is 2.07. The second-order valence-electron chi connectivity index (χ2n) is 2.40. The number of aromatic nitrogens is 1. The van der Waals surface area contributed by atoms with Crippen LogP contribution in [0.15, 0.2) is 6.07 Å². The first-order chi connectivity index (χ1) is 6.06. The van der Waals surface area contributed by atoms with Gasteiger partial charge < -0.3 is 0 Å². The predicted molar refractivity (Wildman–Crippen MR) is 51.4 cm³/mol. The van der Waals surface area contributed by atoms with Crippen LogP contribution in [-0.4, -0.2) is 4.98 Å². The van der Waals surface area contributed by atoms with Crippen molar-refractivity contribution in [1.82, 2.24) is 4.98 Å². The van der Waals surface area contributed by atoms with Gasteiger partial charge in [-0.25, -0.2) is 13.8 Å². The van der Waals surface area contributed by atoms with Crippen molar-refractivity contribution >= 4 is 22.6 Å². The van der Waals surface area contributed by atoms with E-state index in [0.29, 0.717) is 14.8 Å². The highest BCUT2D eigenvalue weighted by molar-refractivity contribution is 14.1. The number of pyridine rings is 1. The van der Waals surface area contributed by atoms with Crippen LogP contribution in [0, 0.1) is 21.8 Å². The van der Waals surface area contributed by atoms with Gasteiger partial charge >= 0.3 is 0 Å². The molecule has 0 unspecified atom stereocenters. The number of rotatable bonds is 1. The van der Waals surface area contributed by atoms with E-state index in [4.69, 9.17) is 5.26 Å². The first-order valence-corrected chi connectivity index (χ1v) is 4.49. The Labute approximate surface area is 87.7 Å². The molecule has 13 heavy (non-hydrogen) atoms. The summed E-state index contributed by atoms with van der Waals surface area (Å²) in [6.07, 6.45) is -2.58. The summed E-state index contributed by atoms with van der Waals surface area (Å²) in [7, 11) is 0. The highest BCUT2D eigenvalue weighted by Gasteiger charge is 2.15. The van der Waals surface area contributed by atoms with E-state index in [1.54, 1.807) is 29.5 Å². The molecule has 0 atom stereocenters. The van der Waals surface area contributed by atoms with Crippen molar-refractivity contribution in [3.8, 4) is 6.07 Å². The number of aryl methyl sites for hydroxylation is 1. The second kappa shape index (κ2) is 3.96. The molecule has 0 fully saturated rings. The highest BCUT2D eigenvalue weighted by Crippen LogP contribution is 2.23. The molecule has 0 radical (unpaired) electrons. The predicted octanol–water partition coefficient (Wildman–Crippen LogP) is 2.80. The number of hydrogen-bond donors (Lipinski definition) is 0. The topological polar surface area (TPSA) is 36.7 Å². The van der Waals surface area contributed by atoms with Crippen molar-refractivity contribution in [1.29, 1.82) is 5.26 Å². The van der Waals surface area contributed by atoms with Crippen LogP contribution in [-0.2, 0) is 0 Å². The van der Waals surface area contributed by atoms with Crippen molar-refractivity contribution in [2.24, 2.45) is 0 Å². The van der Waals surface area contributed by atoms with Crippen LogP contribution in [0.5, 0.6) is 0 Å². The van der Waals surface area contributed by atoms with Crippen LogP contribution in [0.25, 0.3) is 0 Å². The van der Waals surface area contributed by atoms with E-state index in [-0.39, 0.29) is 5.69 Å². The zero-order chi connectivity index (χ0) is 10.0. The number of hydrogen-bond acceptors (Lipinski definition) is 2. The molecule has 2 nitrogen and oxygen atoms in total. The van der Waals surface area contributed by atoms with E-state index in [9.17, 15) is 8.78 Å². The minimum atomic E-state index is -2.58. The van der Waals surface area contributed by atoms with E-state index >= 15 is 0 Å². The number of alkyl halides is 2. The summed E-state index contributed by atoms with van der Waals surface area (Å²) in [5.41, 5.74) is 0.434. The Hall–Kier alpha value is -0.770. The van der Waals surface area contributed by atoms with Gasteiger partial charge in [0.2, 0.25) is 0 Å². The molecule has 1 aromatic rings. The molecule has 0 aliphatic heterocycles. The zero-order valence-electron chi connectivity index (χ0n) is 6.68. The minimum absolute atomic E-state index is 0.253. The van der Waals surface area contributed by atoms with Gasteiger partial charge in [0.15, 0.2) is 0 Å². The summed E-state index contributed by atoms with van der Waals surface area (Å²) in [5.74, 6) is 0. The Morgan fingerprint density at radius 2 is 2.23 bits per heavy atom. The smallest absolute Gasteiger partial charge is 0.250 e. The Kier molecular flexibility index (Phi) is 3.14. The van der Waals surface area contributed by atoms with Gasteiger partial charge in [-0.1, -0.05) is 0 Å². The van der Waals surface area contributed by atoms with Crippen LogP contribution in [0.4, 0.5) is 8.78 Å². The van der Waals surface area contributed by atoms with Crippen LogP contribution < -0.4 is 0 Å². The maximum atomic E-state index is 12.3. The van der Waals surface area contributed by atoms with Gasteiger partial charge in [-0.05, 0) is 35.6 Å². The Morgan fingerprint density at radius 1 is 1.62 bits per heavy atom. The lowest BCUT2D eigenvalue weighted by Crippen LogP contribution is -1.99. The van der Waals surface area contributed by atoms with Gasteiger partial charge in [0.25, 0.3) is 6.43 Å². The quantitative estimate of drug-likeness (QED) is 0.747. The minimum Gasteiger partial charge on any atom is -0.250 e. The Morgan fingerprint density at radius 3 is 2.69 bits per heavy atom. The van der Waals surface area contributed by atoms with E-state index in [2.05, 4.69) is 4.98 Å². The molecule has 0 aliphatic carbocycles. The standard InChI is InChI=1S/C8H5F2IN2/c1-4-5(3-12)2-6(11)7(13-4)8(9)10/h2,8H,1H3. The third-order valence-electron chi connectivity index (χ3n) is 1.52. The van der Waals surface area contributed by atoms with Crippen LogP contribution in [0.3, 0.4) is 0 Å². The molecule has 0 N–H and O–H groups in total. The summed E-state index contributed by atoms with van der Waals surface area (Å²) in [6, 6.07) is 3.31. The lowest BCUT2D eigenvalue weighted by Gasteiger charge is -2.04. The second-order valence-corrected chi connectivity index (χ2v) is 3.56. The monoisotopic (exact) mass is 294 g/mol. The van der Waals surface area contributed by atoms with Crippen molar-refractivity contribution in [3.63, 3.8) is 0 Å². The van der Waals surface area contributed by atoms with Crippen LogP contribution in [0.2, 0.25) is 0 Å². The number of nitriles is 1. The summed E-state index contributed by atoms with van der Waals surface area (Å²) >= 11 is 1.75. The SMILES string of the molecule is Cc1nc(C(F)F)c(I)cc1C#N. The average molecular weight is 294 g/mol. The van der Waals surface area contributed by atoms with Crippen LogP contribution >= 0.6 is 22.6 Å². The molecule has 68 valence electrons. The highest BCUT2D eigenvalue weighted by atomic mass is 127. The van der Waals surface area contributed by atoms with Gasteiger partial charge in [-0.3, -0.25) is 0 Å². The molecule has 0 aliphatic rings. The van der Waals surface area contributed by atoms with E-state index in [0.717, 1.165) is 0 Å².